The molecule has 0 saturated heterocycles. The lowest BCUT2D eigenvalue weighted by atomic mass is 10.1. The number of alkyl halides is 3. The molecule has 0 aromatic heterocycles. The summed E-state index contributed by atoms with van der Waals surface area (Å²) in [4.78, 5) is 23.3. The van der Waals surface area contributed by atoms with Crippen LogP contribution in [0.1, 0.15) is 36.2 Å². The second-order valence-electron chi connectivity index (χ2n) is 4.44. The lowest BCUT2D eigenvalue weighted by Crippen LogP contribution is -2.39. The average molecular weight is 303 g/mol. The minimum atomic E-state index is -4.45. The van der Waals surface area contributed by atoms with E-state index in [1.54, 1.807) is 0 Å². The Kier molecular flexibility index (Phi) is 5.75. The molecule has 1 aromatic carbocycles. The number of carbonyl (C=O) groups is 2. The Morgan fingerprint density at radius 3 is 2.29 bits per heavy atom. The van der Waals surface area contributed by atoms with Gasteiger partial charge in [-0.1, -0.05) is 6.92 Å². The van der Waals surface area contributed by atoms with E-state index < -0.39 is 29.7 Å². The number of hydrogen-bond acceptors (Lipinski definition) is 3. The fraction of sp³-hybridized carbons (Fsp3) is 0.429. The molecular formula is C14H16F3NO3. The predicted molar refractivity (Wildman–Crippen MR) is 69.6 cm³/mol. The summed E-state index contributed by atoms with van der Waals surface area (Å²) in [5, 5.41) is 2.37. The summed E-state index contributed by atoms with van der Waals surface area (Å²) in [5.41, 5.74) is -0.799. The fourth-order valence-corrected chi connectivity index (χ4v) is 1.48. The van der Waals surface area contributed by atoms with Gasteiger partial charge in [-0.25, -0.2) is 4.79 Å². The Morgan fingerprint density at radius 2 is 1.81 bits per heavy atom. The zero-order valence-electron chi connectivity index (χ0n) is 11.7. The van der Waals surface area contributed by atoms with Gasteiger partial charge in [-0.05, 0) is 37.6 Å². The van der Waals surface area contributed by atoms with Gasteiger partial charge in [0.2, 0.25) is 0 Å². The average Bonchev–Trinajstić information content (AvgIpc) is 2.43. The number of rotatable bonds is 5. The van der Waals surface area contributed by atoms with E-state index in [0.29, 0.717) is 6.42 Å². The van der Waals surface area contributed by atoms with E-state index in [4.69, 9.17) is 4.74 Å². The molecule has 0 saturated carbocycles. The van der Waals surface area contributed by atoms with Gasteiger partial charge in [0.15, 0.2) is 0 Å². The molecular weight excluding hydrogens is 287 g/mol. The van der Waals surface area contributed by atoms with Crippen molar-refractivity contribution in [3.63, 3.8) is 0 Å². The van der Waals surface area contributed by atoms with Crippen LogP contribution in [0.15, 0.2) is 24.3 Å². The van der Waals surface area contributed by atoms with Crippen LogP contribution >= 0.6 is 0 Å². The molecule has 1 aromatic rings. The zero-order valence-corrected chi connectivity index (χ0v) is 11.7. The molecule has 0 spiro atoms. The molecule has 0 heterocycles. The number of amides is 1. The molecule has 1 unspecified atom stereocenters. The van der Waals surface area contributed by atoms with Crippen LogP contribution in [0.25, 0.3) is 0 Å². The fourth-order valence-electron chi connectivity index (χ4n) is 1.48. The van der Waals surface area contributed by atoms with E-state index in [1.807, 2.05) is 6.92 Å². The number of esters is 1. The van der Waals surface area contributed by atoms with Gasteiger partial charge in [0.05, 0.1) is 12.2 Å². The quantitative estimate of drug-likeness (QED) is 0.851. The van der Waals surface area contributed by atoms with Gasteiger partial charge in [-0.2, -0.15) is 13.2 Å². The first-order chi connectivity index (χ1) is 9.75. The highest BCUT2D eigenvalue weighted by molar-refractivity contribution is 5.96. The third-order valence-electron chi connectivity index (χ3n) is 2.62. The zero-order chi connectivity index (χ0) is 16.0. The first-order valence-electron chi connectivity index (χ1n) is 6.40. The van der Waals surface area contributed by atoms with Crippen molar-refractivity contribution in [2.45, 2.75) is 32.5 Å². The second kappa shape index (κ2) is 7.10. The number of halogens is 3. The smallest absolute Gasteiger partial charge is 0.416 e. The summed E-state index contributed by atoms with van der Waals surface area (Å²) in [6.07, 6.45) is -3.79. The summed E-state index contributed by atoms with van der Waals surface area (Å²) >= 11 is 0. The van der Waals surface area contributed by atoms with Crippen LogP contribution in [-0.4, -0.2) is 24.5 Å². The van der Waals surface area contributed by atoms with Crippen LogP contribution in [-0.2, 0) is 15.7 Å². The monoisotopic (exact) mass is 303 g/mol. The van der Waals surface area contributed by atoms with Crippen molar-refractivity contribution in [1.29, 1.82) is 0 Å². The first kappa shape index (κ1) is 17.0. The minimum Gasteiger partial charge on any atom is -0.464 e. The highest BCUT2D eigenvalue weighted by atomic mass is 19.4. The molecule has 0 bridgehead atoms. The van der Waals surface area contributed by atoms with Crippen LogP contribution in [0.2, 0.25) is 0 Å². The largest absolute Gasteiger partial charge is 0.464 e. The summed E-state index contributed by atoms with van der Waals surface area (Å²) in [7, 11) is 0. The van der Waals surface area contributed by atoms with E-state index in [9.17, 15) is 22.8 Å². The maximum absolute atomic E-state index is 12.4. The normalized spacial score (nSPS) is 12.6. The van der Waals surface area contributed by atoms with Gasteiger partial charge in [0.25, 0.3) is 5.91 Å². The Hall–Kier alpha value is -2.05. The van der Waals surface area contributed by atoms with Crippen LogP contribution in [0.4, 0.5) is 13.2 Å². The Morgan fingerprint density at radius 1 is 1.24 bits per heavy atom. The molecule has 116 valence electrons. The third-order valence-corrected chi connectivity index (χ3v) is 2.62. The summed E-state index contributed by atoms with van der Waals surface area (Å²) in [6, 6.07) is 2.88. The molecule has 0 aliphatic carbocycles. The van der Waals surface area contributed by atoms with Gasteiger partial charge in [-0.15, -0.1) is 0 Å². The maximum atomic E-state index is 12.4. The number of ether oxygens (including phenoxy) is 1. The van der Waals surface area contributed by atoms with Gasteiger partial charge >= 0.3 is 12.1 Å². The van der Waals surface area contributed by atoms with Crippen molar-refractivity contribution in [2.75, 3.05) is 6.61 Å². The Balaban J connectivity index is 2.65. The molecule has 1 rings (SSSR count). The summed E-state index contributed by atoms with van der Waals surface area (Å²) in [6.45, 7) is 3.53. The van der Waals surface area contributed by atoms with Crippen molar-refractivity contribution in [1.82, 2.24) is 5.32 Å². The van der Waals surface area contributed by atoms with Crippen LogP contribution in [0, 0.1) is 0 Å². The molecule has 0 aliphatic heterocycles. The van der Waals surface area contributed by atoms with Crippen LogP contribution < -0.4 is 5.32 Å². The second-order valence-corrected chi connectivity index (χ2v) is 4.44. The molecule has 1 amide bonds. The molecule has 7 heteroatoms. The van der Waals surface area contributed by atoms with Gasteiger partial charge in [0, 0.05) is 5.56 Å². The van der Waals surface area contributed by atoms with E-state index in [-0.39, 0.29) is 12.2 Å². The number of hydrogen-bond donors (Lipinski definition) is 1. The van der Waals surface area contributed by atoms with Crippen LogP contribution in [0.5, 0.6) is 0 Å². The van der Waals surface area contributed by atoms with E-state index in [0.717, 1.165) is 24.3 Å². The molecule has 0 radical (unpaired) electrons. The van der Waals surface area contributed by atoms with Crippen molar-refractivity contribution in [3.8, 4) is 0 Å². The number of benzene rings is 1. The van der Waals surface area contributed by atoms with E-state index >= 15 is 0 Å². The lowest BCUT2D eigenvalue weighted by molar-refractivity contribution is -0.145. The summed E-state index contributed by atoms with van der Waals surface area (Å²) in [5.74, 6) is -1.22. The minimum absolute atomic E-state index is 0.0399. The van der Waals surface area contributed by atoms with Gasteiger partial charge in [0.1, 0.15) is 6.04 Å². The Bertz CT molecular complexity index is 497. The van der Waals surface area contributed by atoms with Crippen molar-refractivity contribution in [3.05, 3.63) is 35.4 Å². The lowest BCUT2D eigenvalue weighted by Gasteiger charge is -2.13. The summed E-state index contributed by atoms with van der Waals surface area (Å²) < 4.78 is 42.0. The van der Waals surface area contributed by atoms with Gasteiger partial charge in [-0.3, -0.25) is 4.79 Å². The molecule has 4 nitrogen and oxygen atoms in total. The van der Waals surface area contributed by atoms with Crippen molar-refractivity contribution in [2.24, 2.45) is 0 Å². The molecule has 1 N–H and O–H groups in total. The van der Waals surface area contributed by atoms with Crippen molar-refractivity contribution < 1.29 is 27.5 Å². The highest BCUT2D eigenvalue weighted by Crippen LogP contribution is 2.29. The molecule has 1 atom stereocenters. The molecule has 0 fully saturated rings. The van der Waals surface area contributed by atoms with Crippen molar-refractivity contribution >= 4 is 11.9 Å². The highest BCUT2D eigenvalue weighted by Gasteiger charge is 2.30. The van der Waals surface area contributed by atoms with Crippen LogP contribution in [0.3, 0.4) is 0 Å². The standard InChI is InChI=1S/C14H16F3NO3/c1-3-8-21-13(20)9(2)18-12(19)10-4-6-11(7-5-10)14(15,16)17/h4-7,9H,3,8H2,1-2H3,(H,18,19). The third kappa shape index (κ3) is 5.09. The van der Waals surface area contributed by atoms with E-state index in [1.165, 1.54) is 6.92 Å². The molecule has 0 aliphatic rings. The predicted octanol–water partition coefficient (Wildman–Crippen LogP) is 2.78. The number of nitrogens with one attached hydrogen (secondary N) is 1. The molecule has 21 heavy (non-hydrogen) atoms. The topological polar surface area (TPSA) is 55.4 Å². The first-order valence-corrected chi connectivity index (χ1v) is 6.40. The number of carbonyl (C=O) groups excluding carboxylic acids is 2. The maximum Gasteiger partial charge on any atom is 0.416 e. The van der Waals surface area contributed by atoms with E-state index in [2.05, 4.69) is 5.32 Å². The van der Waals surface area contributed by atoms with Gasteiger partial charge < -0.3 is 10.1 Å². The SMILES string of the molecule is CCCOC(=O)C(C)NC(=O)c1ccc(C(F)(F)F)cc1. The Labute approximate surface area is 120 Å².